The Morgan fingerprint density at radius 1 is 1.37 bits per heavy atom. The third kappa shape index (κ3) is 1.74. The van der Waals surface area contributed by atoms with Crippen molar-refractivity contribution in [2.75, 3.05) is 5.73 Å². The molecule has 3 heterocycles. The summed E-state index contributed by atoms with van der Waals surface area (Å²) in [4.78, 5) is 8.66. The standard InChI is InChI=1S/C12H13N7/c13-11-10(8-2-3-8)19(17-16-11)7-9-6-18-5-1-4-14-12(18)15-9/h1,4-6,8H,2-3,7,13H2. The Morgan fingerprint density at radius 2 is 2.26 bits per heavy atom. The Hall–Kier alpha value is -2.44. The van der Waals surface area contributed by atoms with Crippen molar-refractivity contribution < 1.29 is 0 Å². The number of fused-ring (bicyclic) bond motifs is 1. The monoisotopic (exact) mass is 255 g/mol. The number of imidazole rings is 1. The predicted molar refractivity (Wildman–Crippen MR) is 68.5 cm³/mol. The molecule has 3 aromatic heterocycles. The molecule has 1 aliphatic carbocycles. The smallest absolute Gasteiger partial charge is 0.233 e. The van der Waals surface area contributed by atoms with Crippen molar-refractivity contribution in [2.24, 2.45) is 0 Å². The minimum atomic E-state index is 0.519. The number of anilines is 1. The molecule has 0 aromatic carbocycles. The van der Waals surface area contributed by atoms with Crippen LogP contribution in [0.15, 0.2) is 24.7 Å². The number of rotatable bonds is 3. The average molecular weight is 255 g/mol. The first-order chi connectivity index (χ1) is 9.31. The molecule has 0 amide bonds. The van der Waals surface area contributed by atoms with Crippen molar-refractivity contribution in [3.8, 4) is 0 Å². The Morgan fingerprint density at radius 3 is 3.05 bits per heavy atom. The molecule has 19 heavy (non-hydrogen) atoms. The van der Waals surface area contributed by atoms with Crippen molar-refractivity contribution in [3.05, 3.63) is 36.0 Å². The Bertz CT molecular complexity index is 704. The normalized spacial score (nSPS) is 15.2. The summed E-state index contributed by atoms with van der Waals surface area (Å²) in [5.74, 6) is 1.76. The zero-order chi connectivity index (χ0) is 12.8. The molecule has 3 aromatic rings. The van der Waals surface area contributed by atoms with Crippen LogP contribution >= 0.6 is 0 Å². The van der Waals surface area contributed by atoms with E-state index in [0.29, 0.717) is 24.1 Å². The lowest BCUT2D eigenvalue weighted by atomic mass is 10.3. The first kappa shape index (κ1) is 10.5. The number of hydrogen-bond acceptors (Lipinski definition) is 5. The first-order valence-electron chi connectivity index (χ1n) is 6.29. The summed E-state index contributed by atoms with van der Waals surface area (Å²) in [6.07, 6.45) is 7.96. The van der Waals surface area contributed by atoms with E-state index in [1.54, 1.807) is 6.20 Å². The highest BCUT2D eigenvalue weighted by Crippen LogP contribution is 2.41. The molecule has 4 rings (SSSR count). The maximum Gasteiger partial charge on any atom is 0.233 e. The third-order valence-corrected chi connectivity index (χ3v) is 3.36. The fraction of sp³-hybridized carbons (Fsp3) is 0.333. The van der Waals surface area contributed by atoms with Crippen molar-refractivity contribution >= 4 is 11.6 Å². The van der Waals surface area contributed by atoms with Gasteiger partial charge in [-0.3, -0.25) is 4.40 Å². The first-order valence-corrected chi connectivity index (χ1v) is 6.29. The Kier molecular flexibility index (Phi) is 2.08. The van der Waals surface area contributed by atoms with E-state index in [-0.39, 0.29) is 0 Å². The largest absolute Gasteiger partial charge is 0.381 e. The summed E-state index contributed by atoms with van der Waals surface area (Å²) in [5, 5.41) is 8.08. The average Bonchev–Trinajstić information content (AvgIpc) is 3.05. The minimum Gasteiger partial charge on any atom is -0.381 e. The molecule has 0 unspecified atom stereocenters. The second-order valence-electron chi connectivity index (χ2n) is 4.85. The lowest BCUT2D eigenvalue weighted by molar-refractivity contribution is 0.612. The molecule has 1 aliphatic rings. The van der Waals surface area contributed by atoms with Crippen LogP contribution in [0.4, 0.5) is 5.82 Å². The zero-order valence-electron chi connectivity index (χ0n) is 10.3. The Labute approximate surface area is 109 Å². The highest BCUT2D eigenvalue weighted by molar-refractivity contribution is 5.38. The highest BCUT2D eigenvalue weighted by Gasteiger charge is 2.30. The van der Waals surface area contributed by atoms with E-state index < -0.39 is 0 Å². The van der Waals surface area contributed by atoms with Gasteiger partial charge in [-0.05, 0) is 18.9 Å². The molecule has 0 radical (unpaired) electrons. The molecule has 7 nitrogen and oxygen atoms in total. The number of hydrogen-bond donors (Lipinski definition) is 1. The summed E-state index contributed by atoms with van der Waals surface area (Å²) < 4.78 is 3.75. The fourth-order valence-electron chi connectivity index (χ4n) is 2.34. The number of nitrogens with two attached hydrogens (primary N) is 1. The lowest BCUT2D eigenvalue weighted by Gasteiger charge is -2.02. The Balaban J connectivity index is 1.70. The van der Waals surface area contributed by atoms with Crippen LogP contribution in [0.5, 0.6) is 0 Å². The summed E-state index contributed by atoms with van der Waals surface area (Å²) in [5.41, 5.74) is 7.83. The van der Waals surface area contributed by atoms with Crippen molar-refractivity contribution in [1.29, 1.82) is 0 Å². The van der Waals surface area contributed by atoms with Gasteiger partial charge in [-0.15, -0.1) is 5.10 Å². The van der Waals surface area contributed by atoms with Gasteiger partial charge >= 0.3 is 0 Å². The molecule has 0 saturated heterocycles. The van der Waals surface area contributed by atoms with E-state index >= 15 is 0 Å². The predicted octanol–water partition coefficient (Wildman–Crippen LogP) is 0.829. The van der Waals surface area contributed by atoms with E-state index in [2.05, 4.69) is 20.3 Å². The van der Waals surface area contributed by atoms with E-state index in [1.807, 2.05) is 27.5 Å². The van der Waals surface area contributed by atoms with Crippen LogP contribution in [0.1, 0.15) is 30.1 Å². The lowest BCUT2D eigenvalue weighted by Crippen LogP contribution is -2.07. The number of nitrogens with zero attached hydrogens (tertiary/aromatic N) is 6. The van der Waals surface area contributed by atoms with Gasteiger partial charge in [-0.2, -0.15) is 0 Å². The SMILES string of the molecule is Nc1nnn(Cc2cn3cccnc3n2)c1C1CC1. The minimum absolute atomic E-state index is 0.519. The van der Waals surface area contributed by atoms with Crippen LogP contribution in [-0.4, -0.2) is 29.4 Å². The van der Waals surface area contributed by atoms with Crippen LogP contribution in [0.3, 0.4) is 0 Å². The van der Waals surface area contributed by atoms with Crippen molar-refractivity contribution in [2.45, 2.75) is 25.3 Å². The molecule has 0 aliphatic heterocycles. The quantitative estimate of drug-likeness (QED) is 0.749. The van der Waals surface area contributed by atoms with Gasteiger partial charge in [0.1, 0.15) is 0 Å². The topological polar surface area (TPSA) is 86.9 Å². The van der Waals surface area contributed by atoms with E-state index in [9.17, 15) is 0 Å². The van der Waals surface area contributed by atoms with E-state index in [0.717, 1.165) is 11.4 Å². The van der Waals surface area contributed by atoms with Crippen LogP contribution in [-0.2, 0) is 6.54 Å². The maximum atomic E-state index is 5.88. The summed E-state index contributed by atoms with van der Waals surface area (Å²) in [6, 6.07) is 1.88. The van der Waals surface area contributed by atoms with Crippen LogP contribution < -0.4 is 5.73 Å². The molecule has 0 spiro atoms. The van der Waals surface area contributed by atoms with Gasteiger partial charge in [-0.25, -0.2) is 14.6 Å². The second-order valence-corrected chi connectivity index (χ2v) is 4.85. The van der Waals surface area contributed by atoms with Gasteiger partial charge in [0.25, 0.3) is 0 Å². The fourth-order valence-corrected chi connectivity index (χ4v) is 2.34. The molecule has 1 saturated carbocycles. The van der Waals surface area contributed by atoms with Gasteiger partial charge in [0.15, 0.2) is 5.82 Å². The molecular weight excluding hydrogens is 242 g/mol. The summed E-state index contributed by atoms with van der Waals surface area (Å²) >= 11 is 0. The highest BCUT2D eigenvalue weighted by atomic mass is 15.4. The van der Waals surface area contributed by atoms with Gasteiger partial charge in [-0.1, -0.05) is 5.21 Å². The van der Waals surface area contributed by atoms with Gasteiger partial charge in [0, 0.05) is 24.5 Å². The zero-order valence-corrected chi connectivity index (χ0v) is 10.3. The molecule has 1 fully saturated rings. The number of nitrogen functional groups attached to an aromatic ring is 1. The third-order valence-electron chi connectivity index (χ3n) is 3.36. The summed E-state index contributed by atoms with van der Waals surface area (Å²) in [6.45, 7) is 0.583. The maximum absolute atomic E-state index is 5.88. The van der Waals surface area contributed by atoms with Crippen LogP contribution in [0, 0.1) is 0 Å². The molecule has 0 atom stereocenters. The summed E-state index contributed by atoms with van der Waals surface area (Å²) in [7, 11) is 0. The van der Waals surface area contributed by atoms with Gasteiger partial charge in [0.2, 0.25) is 5.78 Å². The molecular formula is C12H13N7. The molecule has 0 bridgehead atoms. The molecule has 7 heteroatoms. The molecule has 96 valence electrons. The molecule has 2 N–H and O–H groups in total. The van der Waals surface area contributed by atoms with Crippen molar-refractivity contribution in [3.63, 3.8) is 0 Å². The van der Waals surface area contributed by atoms with Crippen LogP contribution in [0.2, 0.25) is 0 Å². The van der Waals surface area contributed by atoms with Gasteiger partial charge in [0.05, 0.1) is 17.9 Å². The van der Waals surface area contributed by atoms with E-state index in [4.69, 9.17) is 5.73 Å². The van der Waals surface area contributed by atoms with Gasteiger partial charge < -0.3 is 5.73 Å². The van der Waals surface area contributed by atoms with Crippen molar-refractivity contribution in [1.82, 2.24) is 29.4 Å². The second kappa shape index (κ2) is 3.78. The van der Waals surface area contributed by atoms with E-state index in [1.165, 1.54) is 12.8 Å². The van der Waals surface area contributed by atoms with Crippen LogP contribution in [0.25, 0.3) is 5.78 Å². The number of aromatic nitrogens is 6.